The van der Waals surface area contributed by atoms with Gasteiger partial charge in [-0.05, 0) is 108 Å². The Balaban J connectivity index is 0.000000158. The van der Waals surface area contributed by atoms with Crippen LogP contribution in [0.1, 0.15) is 27.3 Å². The van der Waals surface area contributed by atoms with Gasteiger partial charge in [0.2, 0.25) is 0 Å². The molecule has 0 radical (unpaired) electrons. The summed E-state index contributed by atoms with van der Waals surface area (Å²) in [7, 11) is 0. The van der Waals surface area contributed by atoms with Crippen LogP contribution in [0, 0.1) is 0 Å². The number of pyridine rings is 4. The second-order valence-corrected chi connectivity index (χ2v) is 12.9. The Morgan fingerprint density at radius 2 is 1.07 bits per heavy atom. The molecular weight excluding hydrogens is 699 g/mol. The standard InChI is InChI=1S/C24H17N3O2.C23H18N2O2/c1-2-4-23-18(3-1)5-8-20(27-23)16-28-21-9-6-19(7-10-21)24-22(15-26-29-24)17-11-13-25-14-12-17;26-23(15-17-11-13-24-14-12-17)19-6-9-21(10-7-19)27-16-20-8-5-18-3-1-2-4-22(18)25-20/h1-15H,16H2;1-14H,15-16H2. The van der Waals surface area contributed by atoms with Crippen molar-refractivity contribution in [2.45, 2.75) is 19.6 Å². The van der Waals surface area contributed by atoms with Gasteiger partial charge in [0.1, 0.15) is 24.7 Å². The van der Waals surface area contributed by atoms with E-state index in [4.69, 9.17) is 14.0 Å². The highest BCUT2D eigenvalue weighted by Gasteiger charge is 2.13. The maximum atomic E-state index is 12.4. The average molecular weight is 734 g/mol. The number of benzene rings is 4. The molecule has 0 spiro atoms. The van der Waals surface area contributed by atoms with Gasteiger partial charge in [-0.25, -0.2) is 9.97 Å². The minimum Gasteiger partial charge on any atom is -0.487 e. The molecule has 0 unspecified atom stereocenters. The molecule has 0 aliphatic rings. The van der Waals surface area contributed by atoms with Crippen molar-refractivity contribution < 1.29 is 18.8 Å². The van der Waals surface area contributed by atoms with Crippen LogP contribution in [-0.4, -0.2) is 30.9 Å². The first-order chi connectivity index (χ1) is 27.6. The van der Waals surface area contributed by atoms with E-state index in [2.05, 4.69) is 37.2 Å². The highest BCUT2D eigenvalue weighted by molar-refractivity contribution is 5.97. The molecule has 0 atom stereocenters. The Morgan fingerprint density at radius 1 is 0.536 bits per heavy atom. The Labute approximate surface area is 323 Å². The zero-order valence-electron chi connectivity index (χ0n) is 30.2. The summed E-state index contributed by atoms with van der Waals surface area (Å²) in [5, 5.41) is 6.20. The molecule has 9 nitrogen and oxygen atoms in total. The molecule has 0 aliphatic carbocycles. The number of rotatable bonds is 11. The van der Waals surface area contributed by atoms with Crippen LogP contribution in [0.2, 0.25) is 0 Å². The number of ketones is 1. The fraction of sp³-hybridized carbons (Fsp3) is 0.0638. The summed E-state index contributed by atoms with van der Waals surface area (Å²) in [6.07, 6.45) is 8.98. The highest BCUT2D eigenvalue weighted by Crippen LogP contribution is 2.32. The van der Waals surface area contributed by atoms with Gasteiger partial charge in [-0.1, -0.05) is 53.7 Å². The van der Waals surface area contributed by atoms with Gasteiger partial charge in [-0.2, -0.15) is 0 Å². The predicted molar refractivity (Wildman–Crippen MR) is 216 cm³/mol. The summed E-state index contributed by atoms with van der Waals surface area (Å²) >= 11 is 0. The zero-order valence-corrected chi connectivity index (χ0v) is 30.2. The fourth-order valence-electron chi connectivity index (χ4n) is 6.10. The van der Waals surface area contributed by atoms with Crippen LogP contribution < -0.4 is 9.47 Å². The minimum absolute atomic E-state index is 0.0731. The number of hydrogen-bond acceptors (Lipinski definition) is 9. The summed E-state index contributed by atoms with van der Waals surface area (Å²) in [5.74, 6) is 2.28. The summed E-state index contributed by atoms with van der Waals surface area (Å²) in [6, 6.07) is 46.7. The number of Topliss-reactive ketones (excluding diaryl/α,β-unsaturated/α-hetero) is 1. The van der Waals surface area contributed by atoms with Gasteiger partial charge >= 0.3 is 0 Å². The fourth-order valence-corrected chi connectivity index (χ4v) is 6.10. The maximum absolute atomic E-state index is 12.4. The maximum Gasteiger partial charge on any atom is 0.174 e. The third kappa shape index (κ3) is 8.81. The van der Waals surface area contributed by atoms with Gasteiger partial charge in [-0.3, -0.25) is 14.8 Å². The Kier molecular flexibility index (Phi) is 10.8. The van der Waals surface area contributed by atoms with Crippen LogP contribution in [0.25, 0.3) is 44.3 Å². The number of hydrogen-bond donors (Lipinski definition) is 0. The normalized spacial score (nSPS) is 10.8. The van der Waals surface area contributed by atoms with E-state index in [-0.39, 0.29) is 5.78 Å². The van der Waals surface area contributed by atoms with Gasteiger partial charge in [-0.15, -0.1) is 0 Å². The van der Waals surface area contributed by atoms with E-state index in [0.29, 0.717) is 30.9 Å². The van der Waals surface area contributed by atoms with Gasteiger partial charge in [0, 0.05) is 58.7 Å². The number of ether oxygens (including phenoxy) is 2. The van der Waals surface area contributed by atoms with E-state index in [9.17, 15) is 4.79 Å². The first-order valence-corrected chi connectivity index (χ1v) is 18.1. The molecule has 9 aromatic rings. The van der Waals surface area contributed by atoms with Crippen molar-refractivity contribution in [1.29, 1.82) is 0 Å². The van der Waals surface area contributed by atoms with Crippen LogP contribution in [0.4, 0.5) is 0 Å². The molecule has 0 saturated carbocycles. The van der Waals surface area contributed by atoms with Gasteiger partial charge < -0.3 is 14.0 Å². The quantitative estimate of drug-likeness (QED) is 0.120. The number of carbonyl (C=O) groups excluding carboxylic acids is 1. The molecular formula is C47H35N5O4. The van der Waals surface area contributed by atoms with Gasteiger partial charge in [0.05, 0.1) is 28.6 Å². The second kappa shape index (κ2) is 17.1. The molecule has 56 heavy (non-hydrogen) atoms. The third-order valence-electron chi connectivity index (χ3n) is 9.05. The van der Waals surface area contributed by atoms with E-state index < -0.39 is 0 Å². The minimum atomic E-state index is 0.0731. The molecule has 0 N–H and O–H groups in total. The topological polar surface area (TPSA) is 113 Å². The van der Waals surface area contributed by atoms with Crippen LogP contribution in [0.3, 0.4) is 0 Å². The number of carbonyl (C=O) groups is 1. The first kappa shape index (κ1) is 35.5. The summed E-state index contributed by atoms with van der Waals surface area (Å²) < 4.78 is 17.2. The molecule has 9 rings (SSSR count). The van der Waals surface area contributed by atoms with E-state index >= 15 is 0 Å². The summed E-state index contributed by atoms with van der Waals surface area (Å²) in [4.78, 5) is 29.6. The first-order valence-electron chi connectivity index (χ1n) is 18.1. The van der Waals surface area contributed by atoms with Crippen LogP contribution in [-0.2, 0) is 19.6 Å². The lowest BCUT2D eigenvalue weighted by Crippen LogP contribution is -2.04. The Morgan fingerprint density at radius 3 is 1.66 bits per heavy atom. The lowest BCUT2D eigenvalue weighted by Gasteiger charge is -2.08. The molecule has 0 bridgehead atoms. The van der Waals surface area contributed by atoms with E-state index in [1.54, 1.807) is 43.1 Å². The molecule has 5 aromatic heterocycles. The van der Waals surface area contributed by atoms with Crippen LogP contribution in [0.15, 0.2) is 181 Å². The largest absolute Gasteiger partial charge is 0.487 e. The van der Waals surface area contributed by atoms with Gasteiger partial charge in [0.15, 0.2) is 11.5 Å². The number of aromatic nitrogens is 5. The van der Waals surface area contributed by atoms with Crippen molar-refractivity contribution in [1.82, 2.24) is 25.1 Å². The van der Waals surface area contributed by atoms with E-state index in [1.165, 1.54) is 0 Å². The van der Waals surface area contributed by atoms with Crippen LogP contribution in [0.5, 0.6) is 11.5 Å². The SMILES string of the molecule is O=C(Cc1ccncc1)c1ccc(OCc2ccc3ccccc3n2)cc1.c1ccc2nc(COc3ccc(-c4oncc4-c4ccncc4)cc3)ccc2c1. The van der Waals surface area contributed by atoms with Crippen molar-refractivity contribution in [3.8, 4) is 33.9 Å². The molecule has 0 fully saturated rings. The van der Waals surface area contributed by atoms with Crippen molar-refractivity contribution in [2.24, 2.45) is 0 Å². The van der Waals surface area contributed by atoms with Crippen LogP contribution >= 0.6 is 0 Å². The molecule has 4 aromatic carbocycles. The summed E-state index contributed by atoms with van der Waals surface area (Å²) in [5.41, 5.74) is 8.19. The van der Waals surface area contributed by atoms with E-state index in [0.717, 1.165) is 67.0 Å². The zero-order chi connectivity index (χ0) is 37.9. The smallest absolute Gasteiger partial charge is 0.174 e. The lowest BCUT2D eigenvalue weighted by atomic mass is 10.0. The summed E-state index contributed by atoms with van der Waals surface area (Å²) in [6.45, 7) is 0.796. The Hall–Kier alpha value is -7.52. The molecule has 5 heterocycles. The van der Waals surface area contributed by atoms with Crippen molar-refractivity contribution in [3.63, 3.8) is 0 Å². The molecule has 0 saturated heterocycles. The Bertz CT molecular complexity index is 2680. The monoisotopic (exact) mass is 733 g/mol. The average Bonchev–Trinajstić information content (AvgIpc) is 3.76. The van der Waals surface area contributed by atoms with Gasteiger partial charge in [0.25, 0.3) is 0 Å². The lowest BCUT2D eigenvalue weighted by molar-refractivity contribution is 0.0993. The van der Waals surface area contributed by atoms with Crippen molar-refractivity contribution >= 4 is 27.6 Å². The molecule has 0 amide bonds. The van der Waals surface area contributed by atoms with Crippen molar-refractivity contribution in [3.05, 3.63) is 199 Å². The van der Waals surface area contributed by atoms with Crippen molar-refractivity contribution in [2.75, 3.05) is 0 Å². The highest BCUT2D eigenvalue weighted by atomic mass is 16.5. The number of nitrogens with zero attached hydrogens (tertiary/aromatic N) is 5. The predicted octanol–water partition coefficient (Wildman–Crippen LogP) is 10.2. The number of fused-ring (bicyclic) bond motifs is 2. The molecule has 9 heteroatoms. The second-order valence-electron chi connectivity index (χ2n) is 12.9. The molecule has 272 valence electrons. The van der Waals surface area contributed by atoms with E-state index in [1.807, 2.05) is 121 Å². The third-order valence-corrected chi connectivity index (χ3v) is 9.05. The number of para-hydroxylation sites is 2. The molecule has 0 aliphatic heterocycles.